The highest BCUT2D eigenvalue weighted by molar-refractivity contribution is 5.88. The van der Waals surface area contributed by atoms with E-state index in [2.05, 4.69) is 20.4 Å². The van der Waals surface area contributed by atoms with Crippen molar-refractivity contribution in [2.75, 3.05) is 20.8 Å². The molecule has 0 aliphatic carbocycles. The van der Waals surface area contributed by atoms with E-state index >= 15 is 0 Å². The molecule has 1 unspecified atom stereocenters. The third-order valence-corrected chi connectivity index (χ3v) is 2.75. The molecule has 0 aliphatic rings. The second-order valence-electron chi connectivity index (χ2n) is 4.22. The second kappa shape index (κ2) is 7.59. The van der Waals surface area contributed by atoms with Gasteiger partial charge >= 0.3 is 5.97 Å². The van der Waals surface area contributed by atoms with Gasteiger partial charge in [-0.25, -0.2) is 9.48 Å². The molecule has 0 aromatic carbocycles. The second-order valence-corrected chi connectivity index (χ2v) is 4.22. The minimum absolute atomic E-state index is 0.0597. The van der Waals surface area contributed by atoms with Crippen LogP contribution in [-0.4, -0.2) is 47.6 Å². The molecule has 0 bridgehead atoms. The van der Waals surface area contributed by atoms with E-state index in [-0.39, 0.29) is 18.2 Å². The van der Waals surface area contributed by atoms with Gasteiger partial charge in [0.25, 0.3) is 0 Å². The molecule has 1 amide bonds. The lowest BCUT2D eigenvalue weighted by molar-refractivity contribution is -0.124. The van der Waals surface area contributed by atoms with Crippen molar-refractivity contribution in [1.82, 2.24) is 20.3 Å². The zero-order valence-corrected chi connectivity index (χ0v) is 12.2. The number of rotatable bonds is 7. The van der Waals surface area contributed by atoms with Gasteiger partial charge in [0.1, 0.15) is 11.7 Å². The Morgan fingerprint density at radius 3 is 2.65 bits per heavy atom. The van der Waals surface area contributed by atoms with Gasteiger partial charge in [0.15, 0.2) is 5.69 Å². The fourth-order valence-electron chi connectivity index (χ4n) is 1.66. The molecule has 0 saturated carbocycles. The summed E-state index contributed by atoms with van der Waals surface area (Å²) < 4.78 is 11.0. The van der Waals surface area contributed by atoms with Crippen LogP contribution in [0.4, 0.5) is 0 Å². The molecular weight excluding hydrogens is 264 g/mol. The van der Waals surface area contributed by atoms with Crippen molar-refractivity contribution in [3.63, 3.8) is 0 Å². The summed E-state index contributed by atoms with van der Waals surface area (Å²) in [4.78, 5) is 23.5. The smallest absolute Gasteiger partial charge is 0.360 e. The van der Waals surface area contributed by atoms with E-state index in [1.807, 2.05) is 6.92 Å². The number of esters is 1. The fraction of sp³-hybridized carbons (Fsp3) is 0.667. The third kappa shape index (κ3) is 3.53. The molecule has 8 nitrogen and oxygen atoms in total. The predicted octanol–water partition coefficient (Wildman–Crippen LogP) is 0.298. The highest BCUT2D eigenvalue weighted by Gasteiger charge is 2.25. The molecule has 0 saturated heterocycles. The van der Waals surface area contributed by atoms with Gasteiger partial charge in [-0.1, -0.05) is 12.1 Å². The van der Waals surface area contributed by atoms with Crippen LogP contribution >= 0.6 is 0 Å². The first-order valence-electron chi connectivity index (χ1n) is 6.35. The van der Waals surface area contributed by atoms with E-state index < -0.39 is 12.0 Å². The molecule has 1 aromatic heterocycles. The Bertz CT molecular complexity index is 472. The van der Waals surface area contributed by atoms with Crippen LogP contribution in [-0.2, 0) is 20.9 Å². The molecule has 1 heterocycles. The SMILES string of the molecule is CCCNC(=O)C(C)n1nnc(C(=O)OC)c1COC. The number of methoxy groups -OCH3 is 2. The van der Waals surface area contributed by atoms with Crippen molar-refractivity contribution in [3.05, 3.63) is 11.4 Å². The Labute approximate surface area is 117 Å². The summed E-state index contributed by atoms with van der Waals surface area (Å²) in [7, 11) is 2.75. The topological polar surface area (TPSA) is 95.3 Å². The largest absolute Gasteiger partial charge is 0.464 e. The number of ether oxygens (including phenoxy) is 2. The summed E-state index contributed by atoms with van der Waals surface area (Å²) in [6.07, 6.45) is 0.841. The zero-order valence-electron chi connectivity index (χ0n) is 12.2. The van der Waals surface area contributed by atoms with Crippen molar-refractivity contribution in [1.29, 1.82) is 0 Å². The Morgan fingerprint density at radius 2 is 2.10 bits per heavy atom. The number of hydrogen-bond donors (Lipinski definition) is 1. The minimum atomic E-state index is -0.607. The van der Waals surface area contributed by atoms with Crippen LogP contribution in [0, 0.1) is 0 Å². The van der Waals surface area contributed by atoms with Gasteiger partial charge in [0.2, 0.25) is 5.91 Å². The van der Waals surface area contributed by atoms with Gasteiger partial charge < -0.3 is 14.8 Å². The number of carbonyl (C=O) groups excluding carboxylic acids is 2. The number of hydrogen-bond acceptors (Lipinski definition) is 6. The number of nitrogens with zero attached hydrogens (tertiary/aromatic N) is 3. The van der Waals surface area contributed by atoms with Gasteiger partial charge in [-0.2, -0.15) is 0 Å². The van der Waals surface area contributed by atoms with Crippen LogP contribution in [0.1, 0.15) is 42.5 Å². The molecule has 0 aliphatic heterocycles. The summed E-state index contributed by atoms with van der Waals surface area (Å²) in [5.74, 6) is -0.796. The van der Waals surface area contributed by atoms with Crippen LogP contribution in [0.5, 0.6) is 0 Å². The van der Waals surface area contributed by atoms with E-state index in [4.69, 9.17) is 4.74 Å². The monoisotopic (exact) mass is 284 g/mol. The number of aromatic nitrogens is 3. The highest BCUT2D eigenvalue weighted by atomic mass is 16.5. The predicted molar refractivity (Wildman–Crippen MR) is 70.1 cm³/mol. The molecule has 1 rings (SSSR count). The summed E-state index contributed by atoms with van der Waals surface area (Å²) in [5.41, 5.74) is 0.475. The Hall–Kier alpha value is -1.96. The summed E-state index contributed by atoms with van der Waals surface area (Å²) in [5, 5.41) is 10.4. The average molecular weight is 284 g/mol. The van der Waals surface area contributed by atoms with E-state index in [9.17, 15) is 9.59 Å². The molecule has 0 fully saturated rings. The Balaban J connectivity index is 3.01. The van der Waals surface area contributed by atoms with Crippen molar-refractivity contribution in [2.45, 2.75) is 32.9 Å². The molecule has 0 radical (unpaired) electrons. The van der Waals surface area contributed by atoms with Crippen LogP contribution in [0.2, 0.25) is 0 Å². The first kappa shape index (κ1) is 16.1. The highest BCUT2D eigenvalue weighted by Crippen LogP contribution is 2.14. The third-order valence-electron chi connectivity index (χ3n) is 2.75. The first-order chi connectivity index (χ1) is 9.56. The number of nitrogens with one attached hydrogen (secondary N) is 1. The molecule has 112 valence electrons. The van der Waals surface area contributed by atoms with Gasteiger partial charge in [-0.05, 0) is 13.3 Å². The van der Waals surface area contributed by atoms with Crippen molar-refractivity contribution < 1.29 is 19.1 Å². The molecule has 20 heavy (non-hydrogen) atoms. The van der Waals surface area contributed by atoms with Crippen LogP contribution < -0.4 is 5.32 Å². The van der Waals surface area contributed by atoms with Gasteiger partial charge in [0.05, 0.1) is 13.7 Å². The molecule has 0 spiro atoms. The van der Waals surface area contributed by atoms with E-state index in [0.29, 0.717) is 12.2 Å². The maximum Gasteiger partial charge on any atom is 0.360 e. The van der Waals surface area contributed by atoms with Crippen molar-refractivity contribution >= 4 is 11.9 Å². The van der Waals surface area contributed by atoms with Gasteiger partial charge in [-0.15, -0.1) is 5.10 Å². The van der Waals surface area contributed by atoms with Crippen LogP contribution in [0.15, 0.2) is 0 Å². The standard InChI is InChI=1S/C12H20N4O4/c1-5-6-13-11(17)8(2)16-9(7-19-3)10(14-15-16)12(18)20-4/h8H,5-7H2,1-4H3,(H,13,17). The maximum atomic E-state index is 12.0. The molecule has 1 atom stereocenters. The average Bonchev–Trinajstić information content (AvgIpc) is 2.87. The normalized spacial score (nSPS) is 12.0. The van der Waals surface area contributed by atoms with E-state index in [0.717, 1.165) is 6.42 Å². The van der Waals surface area contributed by atoms with Gasteiger partial charge in [-0.3, -0.25) is 4.79 Å². The lowest BCUT2D eigenvalue weighted by Gasteiger charge is -2.14. The molecule has 1 N–H and O–H groups in total. The van der Waals surface area contributed by atoms with Crippen LogP contribution in [0.25, 0.3) is 0 Å². The fourth-order valence-corrected chi connectivity index (χ4v) is 1.66. The Morgan fingerprint density at radius 1 is 1.40 bits per heavy atom. The van der Waals surface area contributed by atoms with Crippen molar-refractivity contribution in [3.8, 4) is 0 Å². The first-order valence-corrected chi connectivity index (χ1v) is 6.35. The maximum absolute atomic E-state index is 12.0. The number of carbonyl (C=O) groups is 2. The van der Waals surface area contributed by atoms with E-state index in [1.54, 1.807) is 6.92 Å². The van der Waals surface area contributed by atoms with Gasteiger partial charge in [0, 0.05) is 13.7 Å². The molecule has 8 heteroatoms. The van der Waals surface area contributed by atoms with Crippen molar-refractivity contribution in [2.24, 2.45) is 0 Å². The summed E-state index contributed by atoms with van der Waals surface area (Å²) >= 11 is 0. The Kier molecular flexibility index (Phi) is 6.10. The summed E-state index contributed by atoms with van der Waals surface area (Å²) in [6.45, 7) is 4.34. The zero-order chi connectivity index (χ0) is 15.1. The lowest BCUT2D eigenvalue weighted by Crippen LogP contribution is -2.33. The lowest BCUT2D eigenvalue weighted by atomic mass is 10.2. The quantitative estimate of drug-likeness (QED) is 0.723. The van der Waals surface area contributed by atoms with Crippen LogP contribution in [0.3, 0.4) is 0 Å². The molecule has 1 aromatic rings. The molecular formula is C12H20N4O4. The van der Waals surface area contributed by atoms with E-state index in [1.165, 1.54) is 18.9 Å². The summed E-state index contributed by atoms with van der Waals surface area (Å²) in [6, 6.07) is -0.586. The minimum Gasteiger partial charge on any atom is -0.464 e. The number of amides is 1.